The van der Waals surface area contributed by atoms with Crippen LogP contribution in [0.1, 0.15) is 59.2 Å². The number of hydrogen-bond acceptors (Lipinski definition) is 3. The molecule has 0 unspecified atom stereocenters. The highest BCUT2D eigenvalue weighted by molar-refractivity contribution is 4.99. The molecule has 4 heteroatoms. The molecule has 1 aromatic heterocycles. The minimum absolute atomic E-state index is 0.118. The van der Waals surface area contributed by atoms with Crippen LogP contribution in [0.15, 0.2) is 12.3 Å². The van der Waals surface area contributed by atoms with Crippen LogP contribution >= 0.6 is 0 Å². The fourth-order valence-corrected chi connectivity index (χ4v) is 2.27. The number of aromatic nitrogens is 2. The zero-order chi connectivity index (χ0) is 14.3. The summed E-state index contributed by atoms with van der Waals surface area (Å²) in [6.07, 6.45) is 4.34. The van der Waals surface area contributed by atoms with E-state index in [1.54, 1.807) is 0 Å². The van der Waals surface area contributed by atoms with Crippen molar-refractivity contribution in [3.05, 3.63) is 18.0 Å². The standard InChI is InChI=1S/C15H29N3O/c1-6-14(7-2)18-10-9-13(17-18)11-16-12-15(4,5)19-8-3/h9-10,14,16H,6-8,11-12H2,1-5H3. The molecule has 1 rings (SSSR count). The Kier molecular flexibility index (Phi) is 6.52. The van der Waals surface area contributed by atoms with Gasteiger partial charge in [-0.15, -0.1) is 0 Å². The lowest BCUT2D eigenvalue weighted by Gasteiger charge is -2.24. The van der Waals surface area contributed by atoms with Crippen LogP contribution in [0, 0.1) is 0 Å². The molecular formula is C15H29N3O. The van der Waals surface area contributed by atoms with E-state index in [2.05, 4.69) is 55.1 Å². The monoisotopic (exact) mass is 267 g/mol. The van der Waals surface area contributed by atoms with Gasteiger partial charge in [-0.05, 0) is 39.7 Å². The molecule has 0 amide bonds. The molecule has 0 bridgehead atoms. The second-order valence-electron chi connectivity index (χ2n) is 5.55. The molecular weight excluding hydrogens is 238 g/mol. The molecule has 19 heavy (non-hydrogen) atoms. The molecule has 0 radical (unpaired) electrons. The van der Waals surface area contributed by atoms with Crippen molar-refractivity contribution >= 4 is 0 Å². The molecule has 0 atom stereocenters. The normalized spacial score (nSPS) is 12.3. The molecule has 0 aliphatic heterocycles. The van der Waals surface area contributed by atoms with Crippen molar-refractivity contribution in [3.8, 4) is 0 Å². The van der Waals surface area contributed by atoms with E-state index in [-0.39, 0.29) is 5.60 Å². The summed E-state index contributed by atoms with van der Waals surface area (Å²) in [5, 5.41) is 8.05. The predicted molar refractivity (Wildman–Crippen MR) is 79.3 cm³/mol. The van der Waals surface area contributed by atoms with Gasteiger partial charge in [-0.2, -0.15) is 5.10 Å². The van der Waals surface area contributed by atoms with Gasteiger partial charge < -0.3 is 10.1 Å². The van der Waals surface area contributed by atoms with E-state index in [1.165, 1.54) is 0 Å². The molecule has 0 saturated carbocycles. The van der Waals surface area contributed by atoms with Crippen LogP contribution in [0.4, 0.5) is 0 Å². The summed E-state index contributed by atoms with van der Waals surface area (Å²) < 4.78 is 7.75. The molecule has 0 fully saturated rings. The molecule has 0 spiro atoms. The number of ether oxygens (including phenoxy) is 1. The summed E-state index contributed by atoms with van der Waals surface area (Å²) in [4.78, 5) is 0. The minimum Gasteiger partial charge on any atom is -0.375 e. The first-order chi connectivity index (χ1) is 9.02. The predicted octanol–water partition coefficient (Wildman–Crippen LogP) is 3.15. The molecule has 0 aromatic carbocycles. The Labute approximate surface area is 117 Å². The highest BCUT2D eigenvalue weighted by Crippen LogP contribution is 2.14. The summed E-state index contributed by atoms with van der Waals surface area (Å²) in [6, 6.07) is 2.62. The molecule has 1 N–H and O–H groups in total. The SMILES string of the molecule is CCOC(C)(C)CNCc1ccn(C(CC)CC)n1. The Morgan fingerprint density at radius 2 is 2.00 bits per heavy atom. The number of rotatable bonds is 9. The maximum atomic E-state index is 5.66. The average Bonchev–Trinajstić information content (AvgIpc) is 2.79. The summed E-state index contributed by atoms with van der Waals surface area (Å²) in [5.41, 5.74) is 0.978. The lowest BCUT2D eigenvalue weighted by Crippen LogP contribution is -2.37. The van der Waals surface area contributed by atoms with E-state index in [0.29, 0.717) is 6.04 Å². The third-order valence-electron chi connectivity index (χ3n) is 3.37. The first kappa shape index (κ1) is 16.2. The van der Waals surface area contributed by atoms with Crippen LogP contribution in [-0.4, -0.2) is 28.5 Å². The van der Waals surface area contributed by atoms with Crippen LogP contribution in [0.25, 0.3) is 0 Å². The van der Waals surface area contributed by atoms with Gasteiger partial charge in [0.05, 0.1) is 17.3 Å². The van der Waals surface area contributed by atoms with Crippen molar-refractivity contribution in [2.45, 2.75) is 65.6 Å². The van der Waals surface area contributed by atoms with Gasteiger partial charge in [-0.25, -0.2) is 0 Å². The zero-order valence-electron chi connectivity index (χ0n) is 13.1. The van der Waals surface area contributed by atoms with Gasteiger partial charge in [0.1, 0.15) is 0 Å². The fraction of sp³-hybridized carbons (Fsp3) is 0.800. The third kappa shape index (κ3) is 5.33. The van der Waals surface area contributed by atoms with Gasteiger partial charge in [0.25, 0.3) is 0 Å². The topological polar surface area (TPSA) is 39.1 Å². The van der Waals surface area contributed by atoms with Crippen LogP contribution in [0.5, 0.6) is 0 Å². The first-order valence-corrected chi connectivity index (χ1v) is 7.41. The number of nitrogens with one attached hydrogen (secondary N) is 1. The van der Waals surface area contributed by atoms with Gasteiger partial charge in [-0.3, -0.25) is 4.68 Å². The molecule has 0 aliphatic carbocycles. The minimum atomic E-state index is -0.118. The van der Waals surface area contributed by atoms with Gasteiger partial charge in [-0.1, -0.05) is 13.8 Å². The van der Waals surface area contributed by atoms with Crippen molar-refractivity contribution in [3.63, 3.8) is 0 Å². The third-order valence-corrected chi connectivity index (χ3v) is 3.37. The molecule has 110 valence electrons. The van der Waals surface area contributed by atoms with E-state index in [9.17, 15) is 0 Å². The Balaban J connectivity index is 2.42. The zero-order valence-corrected chi connectivity index (χ0v) is 13.1. The van der Waals surface area contributed by atoms with Crippen molar-refractivity contribution in [2.75, 3.05) is 13.2 Å². The lowest BCUT2D eigenvalue weighted by molar-refractivity contribution is -0.00902. The van der Waals surface area contributed by atoms with Crippen LogP contribution in [0.2, 0.25) is 0 Å². The first-order valence-electron chi connectivity index (χ1n) is 7.41. The summed E-state index contributed by atoms with van der Waals surface area (Å²) >= 11 is 0. The van der Waals surface area contributed by atoms with Gasteiger partial charge in [0, 0.05) is 25.9 Å². The van der Waals surface area contributed by atoms with E-state index < -0.39 is 0 Å². The quantitative estimate of drug-likeness (QED) is 0.747. The van der Waals surface area contributed by atoms with Crippen molar-refractivity contribution in [2.24, 2.45) is 0 Å². The maximum absolute atomic E-state index is 5.66. The van der Waals surface area contributed by atoms with Crippen LogP contribution < -0.4 is 5.32 Å². The molecule has 4 nitrogen and oxygen atoms in total. The second-order valence-corrected chi connectivity index (χ2v) is 5.55. The summed E-state index contributed by atoms with van der Waals surface area (Å²) in [5.74, 6) is 0. The van der Waals surface area contributed by atoms with Gasteiger partial charge >= 0.3 is 0 Å². The van der Waals surface area contributed by atoms with Crippen molar-refractivity contribution < 1.29 is 4.74 Å². The Bertz CT molecular complexity index is 356. The van der Waals surface area contributed by atoms with Crippen LogP contribution in [-0.2, 0) is 11.3 Å². The van der Waals surface area contributed by atoms with Gasteiger partial charge in [0.15, 0.2) is 0 Å². The molecule has 0 aliphatic rings. The van der Waals surface area contributed by atoms with Gasteiger partial charge in [0.2, 0.25) is 0 Å². The maximum Gasteiger partial charge on any atom is 0.0762 e. The average molecular weight is 267 g/mol. The lowest BCUT2D eigenvalue weighted by atomic mass is 10.1. The summed E-state index contributed by atoms with van der Waals surface area (Å²) in [6.45, 7) is 13.0. The summed E-state index contributed by atoms with van der Waals surface area (Å²) in [7, 11) is 0. The Hall–Kier alpha value is -0.870. The molecule has 1 heterocycles. The second kappa shape index (κ2) is 7.65. The van der Waals surface area contributed by atoms with E-state index in [0.717, 1.165) is 38.2 Å². The Morgan fingerprint density at radius 3 is 2.58 bits per heavy atom. The van der Waals surface area contributed by atoms with E-state index in [1.807, 2.05) is 6.92 Å². The number of hydrogen-bond donors (Lipinski definition) is 1. The highest BCUT2D eigenvalue weighted by Gasteiger charge is 2.17. The van der Waals surface area contributed by atoms with E-state index >= 15 is 0 Å². The van der Waals surface area contributed by atoms with Crippen LogP contribution in [0.3, 0.4) is 0 Å². The largest absolute Gasteiger partial charge is 0.375 e. The molecule has 0 saturated heterocycles. The number of nitrogens with zero attached hydrogens (tertiary/aromatic N) is 2. The smallest absolute Gasteiger partial charge is 0.0762 e. The van der Waals surface area contributed by atoms with E-state index in [4.69, 9.17) is 4.74 Å². The fourth-order valence-electron chi connectivity index (χ4n) is 2.27. The molecule has 1 aromatic rings. The van der Waals surface area contributed by atoms with Crippen molar-refractivity contribution in [1.82, 2.24) is 15.1 Å². The van der Waals surface area contributed by atoms with Crippen molar-refractivity contribution in [1.29, 1.82) is 0 Å². The highest BCUT2D eigenvalue weighted by atomic mass is 16.5. The Morgan fingerprint density at radius 1 is 1.32 bits per heavy atom.